The Morgan fingerprint density at radius 1 is 1.13 bits per heavy atom. The fourth-order valence-electron chi connectivity index (χ4n) is 4.39. The van der Waals surface area contributed by atoms with Gasteiger partial charge in [-0.3, -0.25) is 19.1 Å². The number of carbonyl (C=O) groups is 1. The van der Waals surface area contributed by atoms with E-state index in [9.17, 15) is 14.4 Å². The molecule has 0 aromatic carbocycles. The minimum absolute atomic E-state index is 0.00506. The number of aromatic amines is 1. The average Bonchev–Trinajstić information content (AvgIpc) is 2.65. The summed E-state index contributed by atoms with van der Waals surface area (Å²) in [6.07, 6.45) is 5.59. The molecule has 0 bridgehead atoms. The zero-order chi connectivity index (χ0) is 22.4. The molecule has 1 aromatic heterocycles. The fourth-order valence-corrected chi connectivity index (χ4v) is 4.39. The third-order valence-corrected chi connectivity index (χ3v) is 5.67. The van der Waals surface area contributed by atoms with Gasteiger partial charge in [0.25, 0.3) is 5.56 Å². The van der Waals surface area contributed by atoms with E-state index < -0.39 is 11.2 Å². The summed E-state index contributed by atoms with van der Waals surface area (Å²) in [6.45, 7) is 11.7. The number of amides is 1. The molecule has 0 unspecified atom stereocenters. The van der Waals surface area contributed by atoms with Crippen molar-refractivity contribution in [2.75, 3.05) is 30.3 Å². The van der Waals surface area contributed by atoms with Gasteiger partial charge >= 0.3 is 5.69 Å². The lowest BCUT2D eigenvalue weighted by molar-refractivity contribution is -0.132. The molecule has 1 amide bonds. The Kier molecular flexibility index (Phi) is 8.55. The number of H-pyrrole nitrogens is 1. The Hall–Kier alpha value is -2.25. The molecule has 1 fully saturated rings. The van der Waals surface area contributed by atoms with Crippen molar-refractivity contribution in [2.24, 2.45) is 11.8 Å². The van der Waals surface area contributed by atoms with E-state index in [1.807, 2.05) is 39.5 Å². The first kappa shape index (κ1) is 24.0. The van der Waals surface area contributed by atoms with Crippen molar-refractivity contribution in [3.63, 3.8) is 0 Å². The van der Waals surface area contributed by atoms with Gasteiger partial charge in [-0.15, -0.1) is 0 Å². The summed E-state index contributed by atoms with van der Waals surface area (Å²) in [5.74, 6) is 0.537. The molecule has 1 aromatic rings. The van der Waals surface area contributed by atoms with Crippen LogP contribution in [-0.4, -0.2) is 46.0 Å². The first-order chi connectivity index (χ1) is 14.1. The van der Waals surface area contributed by atoms with Crippen molar-refractivity contribution >= 4 is 17.4 Å². The fraction of sp³-hybridized carbons (Fsp3) is 0.773. The van der Waals surface area contributed by atoms with E-state index >= 15 is 0 Å². The van der Waals surface area contributed by atoms with Crippen molar-refractivity contribution in [2.45, 2.75) is 79.3 Å². The van der Waals surface area contributed by atoms with E-state index in [1.54, 1.807) is 4.90 Å². The predicted octanol–water partition coefficient (Wildman–Crippen LogP) is 2.42. The summed E-state index contributed by atoms with van der Waals surface area (Å²) >= 11 is 0. The number of carbonyl (C=O) groups excluding carboxylic acids is 1. The highest BCUT2D eigenvalue weighted by atomic mass is 16.2. The van der Waals surface area contributed by atoms with Crippen LogP contribution in [0.15, 0.2) is 9.59 Å². The maximum absolute atomic E-state index is 13.3. The van der Waals surface area contributed by atoms with Crippen LogP contribution < -0.4 is 21.9 Å². The number of aromatic nitrogens is 2. The second kappa shape index (κ2) is 10.7. The first-order valence-electron chi connectivity index (χ1n) is 11.3. The van der Waals surface area contributed by atoms with Gasteiger partial charge in [0, 0.05) is 25.7 Å². The lowest BCUT2D eigenvalue weighted by Crippen LogP contribution is -2.49. The highest BCUT2D eigenvalue weighted by Gasteiger charge is 2.28. The van der Waals surface area contributed by atoms with Crippen molar-refractivity contribution in [3.05, 3.63) is 20.8 Å². The van der Waals surface area contributed by atoms with E-state index in [2.05, 4.69) is 4.98 Å². The number of rotatable bonds is 9. The van der Waals surface area contributed by atoms with Crippen LogP contribution in [0, 0.1) is 11.8 Å². The van der Waals surface area contributed by atoms with E-state index in [4.69, 9.17) is 5.73 Å². The minimum atomic E-state index is -0.535. The molecule has 170 valence electrons. The summed E-state index contributed by atoms with van der Waals surface area (Å²) in [6, 6.07) is 0.266. The van der Waals surface area contributed by atoms with Gasteiger partial charge in [-0.25, -0.2) is 4.79 Å². The van der Waals surface area contributed by atoms with Crippen LogP contribution in [0.25, 0.3) is 0 Å². The van der Waals surface area contributed by atoms with Gasteiger partial charge in [-0.2, -0.15) is 0 Å². The van der Waals surface area contributed by atoms with Gasteiger partial charge in [-0.05, 0) is 31.6 Å². The summed E-state index contributed by atoms with van der Waals surface area (Å²) in [5.41, 5.74) is 5.49. The van der Waals surface area contributed by atoms with E-state index in [-0.39, 0.29) is 41.8 Å². The normalized spacial score (nSPS) is 15.0. The molecule has 30 heavy (non-hydrogen) atoms. The highest BCUT2D eigenvalue weighted by molar-refractivity contribution is 5.83. The average molecular weight is 422 g/mol. The highest BCUT2D eigenvalue weighted by Crippen LogP contribution is 2.24. The van der Waals surface area contributed by atoms with Crippen LogP contribution in [-0.2, 0) is 11.3 Å². The molecule has 3 N–H and O–H groups in total. The zero-order valence-corrected chi connectivity index (χ0v) is 19.2. The third kappa shape index (κ3) is 5.89. The Morgan fingerprint density at radius 2 is 1.77 bits per heavy atom. The van der Waals surface area contributed by atoms with Gasteiger partial charge in [-0.1, -0.05) is 47.0 Å². The lowest BCUT2D eigenvalue weighted by Gasteiger charge is -2.36. The molecule has 8 nitrogen and oxygen atoms in total. The lowest BCUT2D eigenvalue weighted by atomic mass is 9.94. The quantitative estimate of drug-likeness (QED) is 0.637. The largest absolute Gasteiger partial charge is 0.383 e. The number of nitrogens with zero attached hydrogens (tertiary/aromatic N) is 3. The second-order valence-corrected chi connectivity index (χ2v) is 9.24. The molecule has 1 heterocycles. The first-order valence-corrected chi connectivity index (χ1v) is 11.3. The third-order valence-electron chi connectivity index (χ3n) is 5.67. The summed E-state index contributed by atoms with van der Waals surface area (Å²) in [4.78, 5) is 44.4. The second-order valence-electron chi connectivity index (χ2n) is 9.24. The van der Waals surface area contributed by atoms with Crippen LogP contribution in [0.2, 0.25) is 0 Å². The van der Waals surface area contributed by atoms with Crippen LogP contribution in [0.4, 0.5) is 11.5 Å². The molecule has 0 radical (unpaired) electrons. The Labute approximate surface area is 179 Å². The standard InChI is InChI=1S/C22H39N5O3/c1-6-26(17-10-8-7-9-11-17)18(28)14-25(12-15(2)3)19-20(23)27(13-16(4)5)22(30)24-21(19)29/h15-17H,6-14,23H2,1-5H3,(H,24,29,30). The van der Waals surface area contributed by atoms with Gasteiger partial charge in [0.15, 0.2) is 0 Å². The van der Waals surface area contributed by atoms with Crippen molar-refractivity contribution in [1.29, 1.82) is 0 Å². The molecule has 0 spiro atoms. The number of nitrogens with two attached hydrogens (primary N) is 1. The van der Waals surface area contributed by atoms with Crippen LogP contribution in [0.5, 0.6) is 0 Å². The van der Waals surface area contributed by atoms with Crippen LogP contribution >= 0.6 is 0 Å². The topological polar surface area (TPSA) is 104 Å². The van der Waals surface area contributed by atoms with Crippen molar-refractivity contribution in [3.8, 4) is 0 Å². The van der Waals surface area contributed by atoms with Gasteiger partial charge in [0.05, 0.1) is 6.54 Å². The number of hydrogen-bond donors (Lipinski definition) is 2. The summed E-state index contributed by atoms with van der Waals surface area (Å²) in [5, 5.41) is 0. The number of nitrogen functional groups attached to an aromatic ring is 1. The van der Waals surface area contributed by atoms with Crippen molar-refractivity contribution < 1.29 is 4.79 Å². The van der Waals surface area contributed by atoms with E-state index in [1.165, 1.54) is 11.0 Å². The molecule has 2 rings (SSSR count). The smallest absolute Gasteiger partial charge is 0.330 e. The minimum Gasteiger partial charge on any atom is -0.383 e. The van der Waals surface area contributed by atoms with Crippen LogP contribution in [0.3, 0.4) is 0 Å². The molecule has 0 atom stereocenters. The monoisotopic (exact) mass is 421 g/mol. The van der Waals surface area contributed by atoms with E-state index in [0.29, 0.717) is 19.6 Å². The van der Waals surface area contributed by atoms with Gasteiger partial charge in [0.2, 0.25) is 5.91 Å². The number of hydrogen-bond acceptors (Lipinski definition) is 5. The molecular formula is C22H39N5O3. The summed E-state index contributed by atoms with van der Waals surface area (Å²) < 4.78 is 1.40. The van der Waals surface area contributed by atoms with Crippen LogP contribution in [0.1, 0.15) is 66.7 Å². The van der Waals surface area contributed by atoms with E-state index in [0.717, 1.165) is 25.7 Å². The van der Waals surface area contributed by atoms with Crippen molar-refractivity contribution in [1.82, 2.24) is 14.5 Å². The molecule has 1 aliphatic rings. The zero-order valence-electron chi connectivity index (χ0n) is 19.2. The van der Waals surface area contributed by atoms with Gasteiger partial charge < -0.3 is 15.5 Å². The SMILES string of the molecule is CCN(C(=O)CN(CC(C)C)c1c(N)n(CC(C)C)c(=O)[nH]c1=O)C1CCCCC1. The maximum atomic E-state index is 13.3. The number of nitrogens with one attached hydrogen (secondary N) is 1. The Balaban J connectivity index is 2.39. The molecular weight excluding hydrogens is 382 g/mol. The molecule has 8 heteroatoms. The maximum Gasteiger partial charge on any atom is 0.330 e. The Morgan fingerprint density at radius 3 is 2.30 bits per heavy atom. The molecule has 0 saturated heterocycles. The molecule has 1 aliphatic carbocycles. The molecule has 0 aliphatic heterocycles. The number of likely N-dealkylation sites (N-methyl/N-ethyl adjacent to an activating group) is 1. The number of anilines is 2. The van der Waals surface area contributed by atoms with Gasteiger partial charge in [0.1, 0.15) is 11.5 Å². The Bertz CT molecular complexity index is 821. The predicted molar refractivity (Wildman–Crippen MR) is 122 cm³/mol. The molecule has 1 saturated carbocycles. The summed E-state index contributed by atoms with van der Waals surface area (Å²) in [7, 11) is 0.